The molecule has 4 nitrogen and oxygen atoms in total. The fourth-order valence-corrected chi connectivity index (χ4v) is 1.96. The van der Waals surface area contributed by atoms with E-state index >= 15 is 0 Å². The number of ether oxygens (including phenoxy) is 3. The number of nitrogens with one attached hydrogen (secondary N) is 1. The van der Waals surface area contributed by atoms with Crippen LogP contribution in [0.15, 0.2) is 18.2 Å². The first-order valence-corrected chi connectivity index (χ1v) is 6.55. The van der Waals surface area contributed by atoms with Crippen molar-refractivity contribution in [3.05, 3.63) is 23.8 Å². The minimum absolute atomic E-state index is 0.208. The van der Waals surface area contributed by atoms with Gasteiger partial charge in [0.25, 0.3) is 0 Å². The Morgan fingerprint density at radius 1 is 1.28 bits per heavy atom. The maximum absolute atomic E-state index is 5.53. The second-order valence-electron chi connectivity index (χ2n) is 4.28. The van der Waals surface area contributed by atoms with Crippen molar-refractivity contribution in [3.8, 4) is 11.5 Å². The fourth-order valence-electron chi connectivity index (χ4n) is 1.96. The molecular formula is C14H21NO3. The summed E-state index contributed by atoms with van der Waals surface area (Å²) in [6.45, 7) is 6.87. The van der Waals surface area contributed by atoms with Crippen molar-refractivity contribution in [2.45, 2.75) is 26.3 Å². The summed E-state index contributed by atoms with van der Waals surface area (Å²) < 4.78 is 16.3. The van der Waals surface area contributed by atoms with Gasteiger partial charge in [-0.25, -0.2) is 0 Å². The molecule has 2 rings (SSSR count). The Kier molecular flexibility index (Phi) is 4.84. The maximum atomic E-state index is 5.53. The molecule has 1 atom stereocenters. The fraction of sp³-hybridized carbons (Fsp3) is 0.571. The van der Waals surface area contributed by atoms with Crippen molar-refractivity contribution in [3.63, 3.8) is 0 Å². The molecule has 0 bridgehead atoms. The first-order valence-electron chi connectivity index (χ1n) is 6.55. The Morgan fingerprint density at radius 3 is 2.89 bits per heavy atom. The number of hydrogen-bond acceptors (Lipinski definition) is 4. The molecule has 0 fully saturated rings. The van der Waals surface area contributed by atoms with E-state index in [1.54, 1.807) is 0 Å². The lowest BCUT2D eigenvalue weighted by atomic mass is 10.1. The molecule has 0 aliphatic carbocycles. The first kappa shape index (κ1) is 13.2. The highest BCUT2D eigenvalue weighted by Gasteiger charge is 2.17. The van der Waals surface area contributed by atoms with Gasteiger partial charge < -0.3 is 19.5 Å². The SMILES string of the molecule is CCCNC(COCC)c1ccc2c(c1)OCO2. The van der Waals surface area contributed by atoms with Gasteiger partial charge in [0.05, 0.1) is 12.6 Å². The van der Waals surface area contributed by atoms with E-state index in [0.717, 1.165) is 31.1 Å². The quantitative estimate of drug-likeness (QED) is 0.808. The smallest absolute Gasteiger partial charge is 0.231 e. The van der Waals surface area contributed by atoms with Gasteiger partial charge in [0.1, 0.15) is 0 Å². The van der Waals surface area contributed by atoms with Crippen LogP contribution in [0.5, 0.6) is 11.5 Å². The molecule has 0 spiro atoms. The molecule has 1 unspecified atom stereocenters. The van der Waals surface area contributed by atoms with Crippen LogP contribution in [0.2, 0.25) is 0 Å². The van der Waals surface area contributed by atoms with Crippen LogP contribution in [0.25, 0.3) is 0 Å². The normalized spacial score (nSPS) is 14.8. The molecule has 4 heteroatoms. The van der Waals surface area contributed by atoms with E-state index in [9.17, 15) is 0 Å². The lowest BCUT2D eigenvalue weighted by Gasteiger charge is -2.19. The maximum Gasteiger partial charge on any atom is 0.231 e. The molecule has 0 amide bonds. The Hall–Kier alpha value is -1.26. The van der Waals surface area contributed by atoms with Crippen molar-refractivity contribution < 1.29 is 14.2 Å². The largest absolute Gasteiger partial charge is 0.454 e. The summed E-state index contributed by atoms with van der Waals surface area (Å²) in [5.41, 5.74) is 1.18. The zero-order valence-electron chi connectivity index (χ0n) is 11.1. The zero-order chi connectivity index (χ0) is 12.8. The second-order valence-corrected chi connectivity index (χ2v) is 4.28. The number of benzene rings is 1. The molecule has 1 aliphatic heterocycles. The monoisotopic (exact) mass is 251 g/mol. The molecule has 1 heterocycles. The summed E-state index contributed by atoms with van der Waals surface area (Å²) in [4.78, 5) is 0. The Labute approximate surface area is 108 Å². The van der Waals surface area contributed by atoms with E-state index in [-0.39, 0.29) is 6.04 Å². The summed E-state index contributed by atoms with van der Waals surface area (Å²) in [6, 6.07) is 6.28. The average molecular weight is 251 g/mol. The second kappa shape index (κ2) is 6.61. The summed E-state index contributed by atoms with van der Waals surface area (Å²) in [7, 11) is 0. The van der Waals surface area contributed by atoms with Crippen LogP contribution in [-0.4, -0.2) is 26.6 Å². The van der Waals surface area contributed by atoms with E-state index in [2.05, 4.69) is 18.3 Å². The predicted molar refractivity (Wildman–Crippen MR) is 70.1 cm³/mol. The summed E-state index contributed by atoms with van der Waals surface area (Å²) >= 11 is 0. The molecule has 0 radical (unpaired) electrons. The molecule has 1 aromatic rings. The minimum Gasteiger partial charge on any atom is -0.454 e. The molecule has 1 aromatic carbocycles. The van der Waals surface area contributed by atoms with Crippen LogP contribution in [0.1, 0.15) is 31.9 Å². The number of fused-ring (bicyclic) bond motifs is 1. The Morgan fingerprint density at radius 2 is 2.11 bits per heavy atom. The third-order valence-electron chi connectivity index (χ3n) is 2.93. The summed E-state index contributed by atoms with van der Waals surface area (Å²) in [5, 5.41) is 3.49. The minimum atomic E-state index is 0.208. The van der Waals surface area contributed by atoms with Crippen molar-refractivity contribution in [2.75, 3.05) is 26.6 Å². The third-order valence-corrected chi connectivity index (χ3v) is 2.93. The molecule has 1 N–H and O–H groups in total. The van der Waals surface area contributed by atoms with E-state index in [0.29, 0.717) is 13.4 Å². The van der Waals surface area contributed by atoms with E-state index in [1.807, 2.05) is 19.1 Å². The predicted octanol–water partition coefficient (Wildman–Crippen LogP) is 2.49. The van der Waals surface area contributed by atoms with Gasteiger partial charge >= 0.3 is 0 Å². The van der Waals surface area contributed by atoms with Crippen LogP contribution >= 0.6 is 0 Å². The summed E-state index contributed by atoms with van der Waals surface area (Å²) in [6.07, 6.45) is 1.10. The van der Waals surface area contributed by atoms with Gasteiger partial charge in [-0.15, -0.1) is 0 Å². The number of hydrogen-bond donors (Lipinski definition) is 1. The van der Waals surface area contributed by atoms with Crippen molar-refractivity contribution >= 4 is 0 Å². The van der Waals surface area contributed by atoms with Crippen LogP contribution in [-0.2, 0) is 4.74 Å². The molecule has 18 heavy (non-hydrogen) atoms. The van der Waals surface area contributed by atoms with Gasteiger partial charge in [0.15, 0.2) is 11.5 Å². The lowest BCUT2D eigenvalue weighted by molar-refractivity contribution is 0.123. The Bertz CT molecular complexity index is 373. The molecule has 1 aliphatic rings. The molecule has 0 aromatic heterocycles. The van der Waals surface area contributed by atoms with Crippen molar-refractivity contribution in [2.24, 2.45) is 0 Å². The van der Waals surface area contributed by atoms with E-state index in [1.165, 1.54) is 5.56 Å². The van der Waals surface area contributed by atoms with Gasteiger partial charge in [0.2, 0.25) is 6.79 Å². The first-order chi connectivity index (χ1) is 8.85. The zero-order valence-corrected chi connectivity index (χ0v) is 11.1. The molecule has 0 saturated carbocycles. The number of rotatable bonds is 7. The van der Waals surface area contributed by atoms with Crippen LogP contribution < -0.4 is 14.8 Å². The molecular weight excluding hydrogens is 230 g/mol. The van der Waals surface area contributed by atoms with Crippen LogP contribution in [0.3, 0.4) is 0 Å². The highest BCUT2D eigenvalue weighted by molar-refractivity contribution is 5.45. The Balaban J connectivity index is 2.08. The van der Waals surface area contributed by atoms with Gasteiger partial charge in [-0.3, -0.25) is 0 Å². The molecule has 0 saturated heterocycles. The van der Waals surface area contributed by atoms with Gasteiger partial charge in [-0.05, 0) is 37.6 Å². The summed E-state index contributed by atoms with van der Waals surface area (Å²) in [5.74, 6) is 1.65. The van der Waals surface area contributed by atoms with Crippen LogP contribution in [0, 0.1) is 0 Å². The average Bonchev–Trinajstić information content (AvgIpc) is 2.86. The van der Waals surface area contributed by atoms with Gasteiger partial charge in [-0.2, -0.15) is 0 Å². The topological polar surface area (TPSA) is 39.7 Å². The highest BCUT2D eigenvalue weighted by atomic mass is 16.7. The van der Waals surface area contributed by atoms with Crippen LogP contribution in [0.4, 0.5) is 0 Å². The van der Waals surface area contributed by atoms with E-state index in [4.69, 9.17) is 14.2 Å². The molecule has 100 valence electrons. The van der Waals surface area contributed by atoms with E-state index < -0.39 is 0 Å². The van der Waals surface area contributed by atoms with Gasteiger partial charge in [0, 0.05) is 6.61 Å². The standard InChI is InChI=1S/C14H21NO3/c1-3-7-15-12(9-16-4-2)11-5-6-13-14(8-11)18-10-17-13/h5-6,8,12,15H,3-4,7,9-10H2,1-2H3. The van der Waals surface area contributed by atoms with Crippen molar-refractivity contribution in [1.82, 2.24) is 5.32 Å². The lowest BCUT2D eigenvalue weighted by Crippen LogP contribution is -2.26. The third kappa shape index (κ3) is 3.15. The van der Waals surface area contributed by atoms with Crippen molar-refractivity contribution in [1.29, 1.82) is 0 Å². The van der Waals surface area contributed by atoms with Gasteiger partial charge in [-0.1, -0.05) is 13.0 Å². The highest BCUT2D eigenvalue weighted by Crippen LogP contribution is 2.34.